The molecule has 0 spiro atoms. The maximum absolute atomic E-state index is 12.3. The Balaban J connectivity index is 1.68. The third-order valence-corrected chi connectivity index (χ3v) is 4.19. The summed E-state index contributed by atoms with van der Waals surface area (Å²) in [6, 6.07) is 13.4. The predicted octanol–water partition coefficient (Wildman–Crippen LogP) is 2.52. The molecule has 10 nitrogen and oxygen atoms in total. The molecule has 3 aromatic rings. The number of imidazole rings is 1. The molecule has 160 valence electrons. The fourth-order valence-corrected chi connectivity index (χ4v) is 2.73. The number of carboxylic acid groups (broad SMARTS) is 1. The van der Waals surface area contributed by atoms with Crippen molar-refractivity contribution in [3.05, 3.63) is 71.2 Å². The molecule has 0 atom stereocenters. The van der Waals surface area contributed by atoms with Crippen LogP contribution in [0.15, 0.2) is 48.5 Å². The summed E-state index contributed by atoms with van der Waals surface area (Å²) in [5, 5.41) is 13.9. The summed E-state index contributed by atoms with van der Waals surface area (Å²) in [5.74, 6) is -0.929. The zero-order chi connectivity index (χ0) is 22.4. The van der Waals surface area contributed by atoms with Crippen molar-refractivity contribution < 1.29 is 24.2 Å². The number of rotatable bonds is 8. The smallest absolute Gasteiger partial charge is 0.341 e. The number of urea groups is 1. The number of hydrogen-bond acceptors (Lipinski definition) is 5. The second-order valence-electron chi connectivity index (χ2n) is 6.72. The van der Waals surface area contributed by atoms with Gasteiger partial charge in [0.1, 0.15) is 17.4 Å². The van der Waals surface area contributed by atoms with Crippen LogP contribution in [-0.4, -0.2) is 39.6 Å². The molecule has 0 saturated heterocycles. The summed E-state index contributed by atoms with van der Waals surface area (Å²) < 4.78 is 5.09. The van der Waals surface area contributed by atoms with Gasteiger partial charge in [0.25, 0.3) is 5.91 Å². The second-order valence-corrected chi connectivity index (χ2v) is 6.72. The van der Waals surface area contributed by atoms with E-state index in [2.05, 4.69) is 20.6 Å². The van der Waals surface area contributed by atoms with Gasteiger partial charge >= 0.3 is 12.0 Å². The van der Waals surface area contributed by atoms with Crippen LogP contribution in [0.5, 0.6) is 5.75 Å². The van der Waals surface area contributed by atoms with Gasteiger partial charge in [-0.15, -0.1) is 0 Å². The number of amides is 3. The van der Waals surface area contributed by atoms with Crippen molar-refractivity contribution in [1.29, 1.82) is 0 Å². The first kappa shape index (κ1) is 21.4. The Bertz CT molecular complexity index is 1090. The normalized spacial score (nSPS) is 10.4. The summed E-state index contributed by atoms with van der Waals surface area (Å²) in [5.41, 5.74) is 7.77. The largest absolute Gasteiger partial charge is 0.482 e. The van der Waals surface area contributed by atoms with Crippen LogP contribution in [0, 0.1) is 6.92 Å². The SMILES string of the molecule is Cc1ccc(NC(=O)Nc2[nH]c(Cc3ccc(OCC(=O)O)cc3)nc2C(N)=O)cc1. The Morgan fingerprint density at radius 1 is 1.06 bits per heavy atom. The lowest BCUT2D eigenvalue weighted by molar-refractivity contribution is -0.139. The van der Waals surface area contributed by atoms with Crippen molar-refractivity contribution in [2.24, 2.45) is 5.73 Å². The summed E-state index contributed by atoms with van der Waals surface area (Å²) in [7, 11) is 0. The zero-order valence-corrected chi connectivity index (χ0v) is 16.6. The first-order chi connectivity index (χ1) is 14.8. The van der Waals surface area contributed by atoms with Crippen molar-refractivity contribution in [3.8, 4) is 5.75 Å². The summed E-state index contributed by atoms with van der Waals surface area (Å²) >= 11 is 0. The van der Waals surface area contributed by atoms with Crippen molar-refractivity contribution in [2.45, 2.75) is 13.3 Å². The van der Waals surface area contributed by atoms with E-state index in [1.165, 1.54) is 0 Å². The summed E-state index contributed by atoms with van der Waals surface area (Å²) in [6.07, 6.45) is 0.320. The van der Waals surface area contributed by atoms with E-state index in [9.17, 15) is 14.4 Å². The third kappa shape index (κ3) is 6.07. The van der Waals surface area contributed by atoms with Crippen LogP contribution in [-0.2, 0) is 11.2 Å². The van der Waals surface area contributed by atoms with Gasteiger partial charge in [0, 0.05) is 12.1 Å². The maximum Gasteiger partial charge on any atom is 0.341 e. The molecule has 0 bridgehead atoms. The molecule has 0 radical (unpaired) electrons. The highest BCUT2D eigenvalue weighted by atomic mass is 16.5. The third-order valence-electron chi connectivity index (χ3n) is 4.19. The lowest BCUT2D eigenvalue weighted by Crippen LogP contribution is -2.22. The number of anilines is 2. The number of primary amides is 1. The quantitative estimate of drug-likeness (QED) is 0.374. The van der Waals surface area contributed by atoms with Gasteiger partial charge in [0.15, 0.2) is 12.3 Å². The van der Waals surface area contributed by atoms with Crippen LogP contribution in [0.3, 0.4) is 0 Å². The average Bonchev–Trinajstić information content (AvgIpc) is 3.11. The number of carbonyl (C=O) groups is 3. The fraction of sp³-hybridized carbons (Fsp3) is 0.143. The Morgan fingerprint density at radius 2 is 1.74 bits per heavy atom. The van der Waals surface area contributed by atoms with Gasteiger partial charge in [-0.05, 0) is 36.8 Å². The number of ether oxygens (including phenoxy) is 1. The number of aliphatic carboxylic acids is 1. The van der Waals surface area contributed by atoms with Crippen LogP contribution in [0.4, 0.5) is 16.3 Å². The molecule has 6 N–H and O–H groups in total. The van der Waals surface area contributed by atoms with Crippen LogP contribution >= 0.6 is 0 Å². The minimum atomic E-state index is -1.06. The topological polar surface area (TPSA) is 159 Å². The van der Waals surface area contributed by atoms with E-state index < -0.39 is 24.5 Å². The van der Waals surface area contributed by atoms with Gasteiger partial charge in [-0.25, -0.2) is 14.6 Å². The molecular weight excluding hydrogens is 402 g/mol. The number of aryl methyl sites for hydroxylation is 1. The number of hydrogen-bond donors (Lipinski definition) is 5. The van der Waals surface area contributed by atoms with E-state index in [4.69, 9.17) is 15.6 Å². The molecular formula is C21H21N5O5. The predicted molar refractivity (Wildman–Crippen MR) is 113 cm³/mol. The first-order valence-corrected chi connectivity index (χ1v) is 9.27. The minimum absolute atomic E-state index is 0.0875. The van der Waals surface area contributed by atoms with Crippen molar-refractivity contribution >= 4 is 29.4 Å². The van der Waals surface area contributed by atoms with Gasteiger partial charge < -0.3 is 25.9 Å². The number of carbonyl (C=O) groups excluding carboxylic acids is 2. The van der Waals surface area contributed by atoms with E-state index >= 15 is 0 Å². The van der Waals surface area contributed by atoms with Gasteiger partial charge in [-0.1, -0.05) is 29.8 Å². The second kappa shape index (κ2) is 9.44. The van der Waals surface area contributed by atoms with Crippen molar-refractivity contribution in [3.63, 3.8) is 0 Å². The van der Waals surface area contributed by atoms with Gasteiger partial charge in [-0.2, -0.15) is 0 Å². The van der Waals surface area contributed by atoms with Crippen LogP contribution in [0.25, 0.3) is 0 Å². The number of nitrogens with two attached hydrogens (primary N) is 1. The molecule has 31 heavy (non-hydrogen) atoms. The highest BCUT2D eigenvalue weighted by molar-refractivity contribution is 6.04. The molecule has 0 aliphatic rings. The lowest BCUT2D eigenvalue weighted by atomic mass is 10.1. The van der Waals surface area contributed by atoms with Gasteiger partial charge in [0.05, 0.1) is 0 Å². The molecule has 0 unspecified atom stereocenters. The van der Waals surface area contributed by atoms with E-state index in [0.29, 0.717) is 23.7 Å². The number of H-pyrrole nitrogens is 1. The molecule has 0 aliphatic heterocycles. The van der Waals surface area contributed by atoms with Gasteiger partial charge in [-0.3, -0.25) is 10.1 Å². The molecule has 0 fully saturated rings. The molecule has 0 aliphatic carbocycles. The average molecular weight is 423 g/mol. The standard InChI is InChI=1S/C21H21N5O5/c1-12-2-6-14(7-3-12)23-21(30)26-20-18(19(22)29)24-16(25-20)10-13-4-8-15(9-5-13)31-11-17(27)28/h2-9H,10-11H2,1H3,(H2,22,29)(H,24,25)(H,27,28)(H2,23,26,30). The zero-order valence-electron chi connectivity index (χ0n) is 16.6. The van der Waals surface area contributed by atoms with E-state index in [1.54, 1.807) is 36.4 Å². The molecule has 3 amide bonds. The summed E-state index contributed by atoms with van der Waals surface area (Å²) in [6.45, 7) is 1.50. The Kier molecular flexibility index (Phi) is 6.51. The molecule has 3 rings (SSSR count). The van der Waals surface area contributed by atoms with E-state index in [0.717, 1.165) is 11.1 Å². The fourth-order valence-electron chi connectivity index (χ4n) is 2.73. The van der Waals surface area contributed by atoms with Crippen molar-refractivity contribution in [1.82, 2.24) is 9.97 Å². The highest BCUT2D eigenvalue weighted by Crippen LogP contribution is 2.18. The summed E-state index contributed by atoms with van der Waals surface area (Å²) in [4.78, 5) is 41.6. The number of carboxylic acids is 1. The van der Waals surface area contributed by atoms with Crippen LogP contribution < -0.4 is 21.1 Å². The number of aromatic nitrogens is 2. The Labute approximate surface area is 177 Å². The number of benzene rings is 2. The van der Waals surface area contributed by atoms with Gasteiger partial charge in [0.2, 0.25) is 0 Å². The molecule has 10 heteroatoms. The monoisotopic (exact) mass is 423 g/mol. The lowest BCUT2D eigenvalue weighted by Gasteiger charge is -2.07. The van der Waals surface area contributed by atoms with Crippen LogP contribution in [0.1, 0.15) is 27.4 Å². The minimum Gasteiger partial charge on any atom is -0.482 e. The van der Waals surface area contributed by atoms with Crippen LogP contribution in [0.2, 0.25) is 0 Å². The molecule has 0 saturated carbocycles. The molecule has 2 aromatic carbocycles. The first-order valence-electron chi connectivity index (χ1n) is 9.27. The molecule has 1 aromatic heterocycles. The number of nitrogens with zero attached hydrogens (tertiary/aromatic N) is 1. The van der Waals surface area contributed by atoms with E-state index in [-0.39, 0.29) is 11.5 Å². The number of nitrogens with one attached hydrogen (secondary N) is 3. The van der Waals surface area contributed by atoms with Crippen molar-refractivity contribution in [2.75, 3.05) is 17.2 Å². The number of aromatic amines is 1. The Morgan fingerprint density at radius 3 is 2.35 bits per heavy atom. The van der Waals surface area contributed by atoms with E-state index in [1.807, 2.05) is 19.1 Å². The maximum atomic E-state index is 12.3. The Hall–Kier alpha value is -4.34. The molecule has 1 heterocycles. The highest BCUT2D eigenvalue weighted by Gasteiger charge is 2.17.